The van der Waals surface area contributed by atoms with Crippen molar-refractivity contribution in [2.24, 2.45) is 5.41 Å². The zero-order valence-corrected chi connectivity index (χ0v) is 20.6. The largest absolute Gasteiger partial charge is 0.469 e. The lowest BCUT2D eigenvalue weighted by Gasteiger charge is -2.26. The van der Waals surface area contributed by atoms with Gasteiger partial charge in [-0.3, -0.25) is 9.09 Å². The molecule has 0 radical (unpaired) electrons. The summed E-state index contributed by atoms with van der Waals surface area (Å²) in [7, 11) is -7.80. The van der Waals surface area contributed by atoms with Gasteiger partial charge in [0.15, 0.2) is 0 Å². The number of phosphoric ester groups is 1. The molecule has 8 nitrogen and oxygen atoms in total. The highest BCUT2D eigenvalue weighted by molar-refractivity contribution is 7.51. The molecular weight excluding hydrogens is 418 g/mol. The normalized spacial score (nSPS) is 15.4. The maximum absolute atomic E-state index is 11.3. The first kappa shape index (κ1) is 29.2. The average Bonchev–Trinajstić information content (AvgIpc) is 2.49. The van der Waals surface area contributed by atoms with E-state index in [1.54, 1.807) is 0 Å². The van der Waals surface area contributed by atoms with Gasteiger partial charge in [0.2, 0.25) is 0 Å². The molecule has 0 saturated carbocycles. The average molecular weight is 460 g/mol. The molecule has 0 fully saturated rings. The van der Waals surface area contributed by atoms with E-state index in [2.05, 4.69) is 18.4 Å². The summed E-state index contributed by atoms with van der Waals surface area (Å²) in [6, 6.07) is 0. The molecule has 0 aromatic heterocycles. The van der Waals surface area contributed by atoms with Gasteiger partial charge in [-0.05, 0) is 64.2 Å². The van der Waals surface area contributed by atoms with Crippen LogP contribution >= 0.6 is 15.4 Å². The van der Waals surface area contributed by atoms with E-state index in [9.17, 15) is 14.0 Å². The van der Waals surface area contributed by atoms with E-state index >= 15 is 0 Å². The topological polar surface area (TPSA) is 123 Å². The standard InChI is InChI=1S/C19H42O8P2/c1-18(2,13-7-11-17-26-29(22,23)24)12-6-9-15-25-16-10-8-14-19(3,4)27-28(5,20)21/h6-17H2,1-5H3,(H,20,21)(H2,22,23,24). The highest BCUT2D eigenvalue weighted by Crippen LogP contribution is 2.43. The summed E-state index contributed by atoms with van der Waals surface area (Å²) in [4.78, 5) is 26.6. The Morgan fingerprint density at radius 2 is 1.17 bits per heavy atom. The predicted molar refractivity (Wildman–Crippen MR) is 115 cm³/mol. The highest BCUT2D eigenvalue weighted by Gasteiger charge is 2.26. The summed E-state index contributed by atoms with van der Waals surface area (Å²) >= 11 is 0. The first-order valence-corrected chi connectivity index (χ1v) is 14.0. The van der Waals surface area contributed by atoms with Crippen molar-refractivity contribution in [2.75, 3.05) is 26.5 Å². The highest BCUT2D eigenvalue weighted by atomic mass is 31.2. The summed E-state index contributed by atoms with van der Waals surface area (Å²) < 4.78 is 37.3. The number of hydrogen-bond acceptors (Lipinski definition) is 5. The van der Waals surface area contributed by atoms with Gasteiger partial charge in [-0.15, -0.1) is 0 Å². The van der Waals surface area contributed by atoms with E-state index in [-0.39, 0.29) is 12.0 Å². The van der Waals surface area contributed by atoms with Gasteiger partial charge in [0, 0.05) is 19.9 Å². The van der Waals surface area contributed by atoms with Gasteiger partial charge in [0.05, 0.1) is 12.2 Å². The molecule has 0 heterocycles. The fourth-order valence-corrected chi connectivity index (χ4v) is 4.56. The van der Waals surface area contributed by atoms with Crippen LogP contribution in [0.4, 0.5) is 0 Å². The van der Waals surface area contributed by atoms with Crippen LogP contribution in [0.25, 0.3) is 0 Å². The zero-order chi connectivity index (χ0) is 22.6. The molecule has 0 aromatic rings. The smallest absolute Gasteiger partial charge is 0.381 e. The van der Waals surface area contributed by atoms with Crippen molar-refractivity contribution < 1.29 is 37.6 Å². The molecular formula is C19H42O8P2. The molecule has 3 N–H and O–H groups in total. The number of rotatable bonds is 18. The molecule has 1 unspecified atom stereocenters. The monoisotopic (exact) mass is 460 g/mol. The van der Waals surface area contributed by atoms with Crippen LogP contribution in [-0.2, 0) is 22.9 Å². The van der Waals surface area contributed by atoms with Gasteiger partial charge in [-0.2, -0.15) is 0 Å². The molecule has 0 bridgehead atoms. The predicted octanol–water partition coefficient (Wildman–Crippen LogP) is 5.26. The summed E-state index contributed by atoms with van der Waals surface area (Å²) in [5.74, 6) is 0. The van der Waals surface area contributed by atoms with Crippen molar-refractivity contribution in [1.82, 2.24) is 0 Å². The van der Waals surface area contributed by atoms with E-state index in [0.29, 0.717) is 19.4 Å². The van der Waals surface area contributed by atoms with E-state index in [1.807, 2.05) is 13.8 Å². The van der Waals surface area contributed by atoms with Crippen molar-refractivity contribution in [3.8, 4) is 0 Å². The molecule has 0 spiro atoms. The van der Waals surface area contributed by atoms with Crippen LogP contribution in [0, 0.1) is 5.41 Å². The maximum Gasteiger partial charge on any atom is 0.469 e. The molecule has 0 rings (SSSR count). The van der Waals surface area contributed by atoms with Crippen LogP contribution in [0.5, 0.6) is 0 Å². The third kappa shape index (κ3) is 21.2. The van der Waals surface area contributed by atoms with Crippen molar-refractivity contribution in [3.05, 3.63) is 0 Å². The van der Waals surface area contributed by atoms with Gasteiger partial charge in [0.25, 0.3) is 0 Å². The van der Waals surface area contributed by atoms with Crippen LogP contribution in [-0.4, -0.2) is 46.8 Å². The van der Waals surface area contributed by atoms with Gasteiger partial charge in [-0.1, -0.05) is 26.7 Å². The number of unbranched alkanes of at least 4 members (excludes halogenated alkanes) is 3. The fraction of sp³-hybridized carbons (Fsp3) is 1.00. The quantitative estimate of drug-likeness (QED) is 0.187. The van der Waals surface area contributed by atoms with Gasteiger partial charge < -0.3 is 23.9 Å². The Kier molecular flexibility index (Phi) is 13.7. The number of ether oxygens (including phenoxy) is 1. The lowest BCUT2D eigenvalue weighted by Crippen LogP contribution is -2.22. The van der Waals surface area contributed by atoms with Crippen molar-refractivity contribution in [2.45, 2.75) is 91.1 Å². The summed E-state index contributed by atoms with van der Waals surface area (Å²) in [5.41, 5.74) is -0.411. The minimum absolute atomic E-state index is 0.0925. The Morgan fingerprint density at radius 3 is 1.62 bits per heavy atom. The van der Waals surface area contributed by atoms with Crippen LogP contribution < -0.4 is 0 Å². The molecule has 0 amide bonds. The third-order valence-corrected chi connectivity index (χ3v) is 5.99. The van der Waals surface area contributed by atoms with E-state index in [4.69, 9.17) is 19.0 Å². The Hall–Kier alpha value is 0.220. The minimum Gasteiger partial charge on any atom is -0.381 e. The first-order valence-electron chi connectivity index (χ1n) is 10.4. The summed E-state index contributed by atoms with van der Waals surface area (Å²) in [6.07, 6.45) is 8.18. The second-order valence-electron chi connectivity index (χ2n) is 9.13. The second-order valence-corrected chi connectivity index (χ2v) is 12.2. The molecule has 0 aromatic carbocycles. The van der Waals surface area contributed by atoms with E-state index in [1.165, 1.54) is 6.66 Å². The second kappa shape index (κ2) is 13.6. The Bertz CT molecular complexity index is 524. The van der Waals surface area contributed by atoms with Crippen LogP contribution in [0.15, 0.2) is 0 Å². The molecule has 0 saturated heterocycles. The Labute approximate surface area is 176 Å². The number of hydrogen-bond donors (Lipinski definition) is 3. The van der Waals surface area contributed by atoms with Gasteiger partial charge in [-0.25, -0.2) is 4.57 Å². The molecule has 29 heavy (non-hydrogen) atoms. The lowest BCUT2D eigenvalue weighted by atomic mass is 9.82. The van der Waals surface area contributed by atoms with E-state index < -0.39 is 21.0 Å². The molecule has 0 aliphatic heterocycles. The Balaban J connectivity index is 3.63. The zero-order valence-electron chi connectivity index (χ0n) is 18.8. The molecule has 0 aliphatic rings. The fourth-order valence-electron chi connectivity index (χ4n) is 3.18. The first-order chi connectivity index (χ1) is 13.1. The summed E-state index contributed by atoms with van der Waals surface area (Å²) in [6.45, 7) is 10.8. The van der Waals surface area contributed by atoms with Gasteiger partial charge >= 0.3 is 15.4 Å². The lowest BCUT2D eigenvalue weighted by molar-refractivity contribution is 0.0758. The SMILES string of the molecule is CC(C)(CCCCOCCCCC(C)(C)OP(C)(=O)O)CCCCOP(=O)(O)O. The Morgan fingerprint density at radius 1 is 0.724 bits per heavy atom. The van der Waals surface area contributed by atoms with Gasteiger partial charge in [0.1, 0.15) is 0 Å². The van der Waals surface area contributed by atoms with Crippen LogP contribution in [0.1, 0.15) is 85.5 Å². The number of phosphoric acid groups is 1. The summed E-state index contributed by atoms with van der Waals surface area (Å²) in [5, 5.41) is 0. The molecule has 176 valence electrons. The molecule has 10 heteroatoms. The van der Waals surface area contributed by atoms with Crippen molar-refractivity contribution >= 4 is 15.4 Å². The van der Waals surface area contributed by atoms with Crippen LogP contribution in [0.3, 0.4) is 0 Å². The third-order valence-electron chi connectivity index (χ3n) is 4.63. The van der Waals surface area contributed by atoms with Crippen molar-refractivity contribution in [3.63, 3.8) is 0 Å². The van der Waals surface area contributed by atoms with E-state index in [0.717, 1.165) is 51.6 Å². The van der Waals surface area contributed by atoms with Crippen LogP contribution in [0.2, 0.25) is 0 Å². The molecule has 0 aliphatic carbocycles. The maximum atomic E-state index is 11.3. The minimum atomic E-state index is -4.34. The van der Waals surface area contributed by atoms with Crippen molar-refractivity contribution in [1.29, 1.82) is 0 Å². The molecule has 1 atom stereocenters.